The van der Waals surface area contributed by atoms with Crippen molar-refractivity contribution in [1.29, 1.82) is 0 Å². The van der Waals surface area contributed by atoms with Gasteiger partial charge in [-0.05, 0) is 24.6 Å². The van der Waals surface area contributed by atoms with E-state index >= 15 is 0 Å². The molecular formula is C8H11NO3S. The lowest BCUT2D eigenvalue weighted by molar-refractivity contribution is 0.494. The second-order valence-corrected chi connectivity index (χ2v) is 4.40. The second-order valence-electron chi connectivity index (χ2n) is 2.83. The van der Waals surface area contributed by atoms with Crippen LogP contribution in [-0.2, 0) is 10.1 Å². The molecule has 0 saturated heterocycles. The fourth-order valence-corrected chi connectivity index (χ4v) is 1.35. The number of aryl methyl sites for hydroxylation is 1. The number of benzene rings is 1. The predicted octanol–water partition coefficient (Wildman–Crippen LogP) is 0.916. The quantitative estimate of drug-likeness (QED) is 0.570. The highest BCUT2D eigenvalue weighted by Gasteiger charge is 2.07. The number of hydrogen-bond acceptors (Lipinski definition) is 4. The minimum absolute atomic E-state index is 0.183. The van der Waals surface area contributed by atoms with Gasteiger partial charge in [-0.15, -0.1) is 0 Å². The van der Waals surface area contributed by atoms with Gasteiger partial charge in [-0.2, -0.15) is 8.42 Å². The van der Waals surface area contributed by atoms with Crippen LogP contribution in [0.4, 0.5) is 5.69 Å². The van der Waals surface area contributed by atoms with Crippen molar-refractivity contribution in [3.8, 4) is 5.75 Å². The van der Waals surface area contributed by atoms with E-state index in [4.69, 9.17) is 5.73 Å². The maximum atomic E-state index is 10.8. The van der Waals surface area contributed by atoms with Crippen LogP contribution < -0.4 is 9.92 Å². The largest absolute Gasteiger partial charge is 0.396 e. The Labute approximate surface area is 77.4 Å². The summed E-state index contributed by atoms with van der Waals surface area (Å²) in [4.78, 5) is 0. The Morgan fingerprint density at radius 2 is 2.00 bits per heavy atom. The van der Waals surface area contributed by atoms with Crippen LogP contribution in [0.3, 0.4) is 0 Å². The van der Waals surface area contributed by atoms with Crippen LogP contribution in [0.2, 0.25) is 0 Å². The van der Waals surface area contributed by atoms with Gasteiger partial charge in [0, 0.05) is 0 Å². The van der Waals surface area contributed by atoms with Crippen molar-refractivity contribution >= 4 is 15.8 Å². The summed E-state index contributed by atoms with van der Waals surface area (Å²) in [5.74, 6) is 0.183. The number of nitrogens with two attached hydrogens (primary N) is 1. The van der Waals surface area contributed by atoms with E-state index < -0.39 is 10.1 Å². The van der Waals surface area contributed by atoms with Gasteiger partial charge in [0.15, 0.2) is 5.75 Å². The Balaban J connectivity index is 3.08. The van der Waals surface area contributed by atoms with Crippen LogP contribution in [-0.4, -0.2) is 14.7 Å². The molecule has 0 unspecified atom stereocenters. The lowest BCUT2D eigenvalue weighted by atomic mass is 10.2. The molecule has 0 radical (unpaired) electrons. The van der Waals surface area contributed by atoms with Gasteiger partial charge in [0.05, 0.1) is 11.9 Å². The third-order valence-electron chi connectivity index (χ3n) is 1.41. The third kappa shape index (κ3) is 2.95. The molecule has 0 fully saturated rings. The fourth-order valence-electron chi connectivity index (χ4n) is 0.877. The molecule has 1 aromatic rings. The molecule has 0 aromatic heterocycles. The molecule has 0 aliphatic carbocycles. The van der Waals surface area contributed by atoms with Crippen molar-refractivity contribution in [2.24, 2.45) is 0 Å². The van der Waals surface area contributed by atoms with Gasteiger partial charge < -0.3 is 9.92 Å². The van der Waals surface area contributed by atoms with Gasteiger partial charge in [-0.1, -0.05) is 6.07 Å². The number of rotatable bonds is 2. The first-order valence-corrected chi connectivity index (χ1v) is 5.46. The second kappa shape index (κ2) is 3.26. The molecule has 5 heteroatoms. The Morgan fingerprint density at radius 3 is 2.54 bits per heavy atom. The molecule has 0 aliphatic heterocycles. The van der Waals surface area contributed by atoms with E-state index in [2.05, 4.69) is 4.18 Å². The highest BCUT2D eigenvalue weighted by molar-refractivity contribution is 7.86. The minimum Gasteiger partial charge on any atom is -0.396 e. The molecule has 4 nitrogen and oxygen atoms in total. The Kier molecular flexibility index (Phi) is 2.47. The van der Waals surface area contributed by atoms with E-state index in [0.29, 0.717) is 5.69 Å². The highest BCUT2D eigenvalue weighted by Crippen LogP contribution is 2.23. The lowest BCUT2D eigenvalue weighted by Crippen LogP contribution is -2.07. The molecule has 0 saturated carbocycles. The SMILES string of the molecule is Cc1ccc(N)c(OS(C)(=O)=O)c1. The number of nitrogen functional groups attached to an aromatic ring is 1. The molecule has 0 heterocycles. The minimum atomic E-state index is -3.50. The summed E-state index contributed by atoms with van der Waals surface area (Å²) in [6.45, 7) is 1.83. The van der Waals surface area contributed by atoms with Crippen LogP contribution in [0.1, 0.15) is 5.56 Å². The van der Waals surface area contributed by atoms with E-state index in [0.717, 1.165) is 11.8 Å². The number of hydrogen-bond donors (Lipinski definition) is 1. The zero-order valence-electron chi connectivity index (χ0n) is 7.44. The van der Waals surface area contributed by atoms with Crippen molar-refractivity contribution in [3.05, 3.63) is 23.8 Å². The van der Waals surface area contributed by atoms with Gasteiger partial charge in [-0.25, -0.2) is 0 Å². The van der Waals surface area contributed by atoms with E-state index in [-0.39, 0.29) is 5.75 Å². The summed E-state index contributed by atoms with van der Waals surface area (Å²) in [5, 5.41) is 0. The van der Waals surface area contributed by atoms with E-state index in [1.807, 2.05) is 6.92 Å². The molecule has 1 aromatic carbocycles. The van der Waals surface area contributed by atoms with Crippen LogP contribution in [0.15, 0.2) is 18.2 Å². The third-order valence-corrected chi connectivity index (χ3v) is 1.89. The monoisotopic (exact) mass is 201 g/mol. The van der Waals surface area contributed by atoms with E-state index in [1.54, 1.807) is 18.2 Å². The molecule has 0 aliphatic rings. The Bertz CT molecular complexity index is 411. The van der Waals surface area contributed by atoms with Crippen molar-refractivity contribution in [2.75, 3.05) is 12.0 Å². The van der Waals surface area contributed by atoms with Crippen molar-refractivity contribution in [3.63, 3.8) is 0 Å². The topological polar surface area (TPSA) is 69.4 Å². The molecular weight excluding hydrogens is 190 g/mol. The van der Waals surface area contributed by atoms with E-state index in [9.17, 15) is 8.42 Å². The first kappa shape index (κ1) is 9.85. The zero-order chi connectivity index (χ0) is 10.1. The van der Waals surface area contributed by atoms with Gasteiger partial charge >= 0.3 is 10.1 Å². The first-order valence-electron chi connectivity index (χ1n) is 3.64. The van der Waals surface area contributed by atoms with Gasteiger partial charge in [-0.3, -0.25) is 0 Å². The summed E-state index contributed by atoms with van der Waals surface area (Å²) in [6.07, 6.45) is 0.981. The summed E-state index contributed by atoms with van der Waals surface area (Å²) < 4.78 is 26.2. The highest BCUT2D eigenvalue weighted by atomic mass is 32.2. The van der Waals surface area contributed by atoms with Crippen molar-refractivity contribution < 1.29 is 12.6 Å². The summed E-state index contributed by atoms with van der Waals surface area (Å²) in [7, 11) is -3.50. The average molecular weight is 201 g/mol. The first-order chi connectivity index (χ1) is 5.88. The lowest BCUT2D eigenvalue weighted by Gasteiger charge is -2.06. The fraction of sp³-hybridized carbons (Fsp3) is 0.250. The molecule has 1 rings (SSSR count). The molecule has 0 amide bonds. The standard InChI is InChI=1S/C8H11NO3S/c1-6-3-4-7(9)8(5-6)12-13(2,10)11/h3-5H,9H2,1-2H3. The van der Waals surface area contributed by atoms with Gasteiger partial charge in [0.2, 0.25) is 0 Å². The predicted molar refractivity (Wildman–Crippen MR) is 51.1 cm³/mol. The van der Waals surface area contributed by atoms with Gasteiger partial charge in [0.1, 0.15) is 0 Å². The Hall–Kier alpha value is -1.23. The summed E-state index contributed by atoms with van der Waals surface area (Å²) >= 11 is 0. The van der Waals surface area contributed by atoms with Crippen molar-refractivity contribution in [2.45, 2.75) is 6.92 Å². The van der Waals surface area contributed by atoms with Crippen LogP contribution in [0.25, 0.3) is 0 Å². The Morgan fingerprint density at radius 1 is 1.38 bits per heavy atom. The maximum Gasteiger partial charge on any atom is 0.306 e. The van der Waals surface area contributed by atoms with Crippen LogP contribution >= 0.6 is 0 Å². The molecule has 13 heavy (non-hydrogen) atoms. The smallest absolute Gasteiger partial charge is 0.306 e. The molecule has 0 atom stereocenters. The molecule has 0 bridgehead atoms. The van der Waals surface area contributed by atoms with Crippen LogP contribution in [0, 0.1) is 6.92 Å². The maximum absolute atomic E-state index is 10.8. The molecule has 72 valence electrons. The van der Waals surface area contributed by atoms with Crippen molar-refractivity contribution in [1.82, 2.24) is 0 Å². The average Bonchev–Trinajstić information content (AvgIpc) is 1.94. The zero-order valence-corrected chi connectivity index (χ0v) is 8.26. The summed E-state index contributed by atoms with van der Waals surface area (Å²) in [6, 6.07) is 4.97. The van der Waals surface area contributed by atoms with E-state index in [1.165, 1.54) is 0 Å². The van der Waals surface area contributed by atoms with Crippen LogP contribution in [0.5, 0.6) is 5.75 Å². The molecule has 2 N–H and O–H groups in total. The normalized spacial score (nSPS) is 11.2. The number of anilines is 1. The summed E-state index contributed by atoms with van der Waals surface area (Å²) in [5.41, 5.74) is 6.72. The van der Waals surface area contributed by atoms with Gasteiger partial charge in [0.25, 0.3) is 0 Å². The molecule has 0 spiro atoms.